The number of rotatable bonds is 3. The van der Waals surface area contributed by atoms with Gasteiger partial charge in [-0.2, -0.15) is 0 Å². The standard InChI is InChI=1S/C17H11FN2O5/c1-9(21)19-10-6-7-14(18)13(8-10)17(24)25-20-15(22)11-4-2-3-5-12(11)16(20)23/h2-8H,1H3,(H,19,21). The lowest BCUT2D eigenvalue weighted by atomic mass is 10.1. The number of hydrogen-bond donors (Lipinski definition) is 1. The minimum Gasteiger partial charge on any atom is -0.326 e. The first-order chi connectivity index (χ1) is 11.9. The van der Waals surface area contributed by atoms with E-state index < -0.39 is 35.1 Å². The molecule has 126 valence electrons. The van der Waals surface area contributed by atoms with E-state index in [0.717, 1.165) is 12.1 Å². The third-order valence-corrected chi connectivity index (χ3v) is 3.44. The van der Waals surface area contributed by atoms with Crippen LogP contribution in [-0.2, 0) is 9.63 Å². The Hall–Kier alpha value is -3.55. The molecule has 7 nitrogen and oxygen atoms in total. The molecule has 3 rings (SSSR count). The van der Waals surface area contributed by atoms with Gasteiger partial charge in [0, 0.05) is 12.6 Å². The Morgan fingerprint density at radius 2 is 1.64 bits per heavy atom. The Bertz CT molecular complexity index is 890. The van der Waals surface area contributed by atoms with Crippen molar-refractivity contribution in [2.75, 3.05) is 5.32 Å². The third-order valence-electron chi connectivity index (χ3n) is 3.44. The minimum atomic E-state index is -1.24. The summed E-state index contributed by atoms with van der Waals surface area (Å²) in [5, 5.41) is 2.68. The van der Waals surface area contributed by atoms with E-state index in [1.165, 1.54) is 25.1 Å². The topological polar surface area (TPSA) is 92.8 Å². The first-order valence-electron chi connectivity index (χ1n) is 7.15. The van der Waals surface area contributed by atoms with Crippen molar-refractivity contribution in [2.45, 2.75) is 6.92 Å². The van der Waals surface area contributed by atoms with Gasteiger partial charge in [-0.3, -0.25) is 14.4 Å². The van der Waals surface area contributed by atoms with Crippen molar-refractivity contribution in [1.29, 1.82) is 0 Å². The van der Waals surface area contributed by atoms with Gasteiger partial charge in [0.25, 0.3) is 11.8 Å². The van der Waals surface area contributed by atoms with Gasteiger partial charge in [0.1, 0.15) is 5.82 Å². The van der Waals surface area contributed by atoms with Crippen LogP contribution >= 0.6 is 0 Å². The quantitative estimate of drug-likeness (QED) is 0.863. The average molecular weight is 342 g/mol. The van der Waals surface area contributed by atoms with Gasteiger partial charge < -0.3 is 10.2 Å². The molecule has 0 spiro atoms. The van der Waals surface area contributed by atoms with E-state index >= 15 is 0 Å². The summed E-state index contributed by atoms with van der Waals surface area (Å²) in [5.74, 6) is -4.19. The molecule has 0 unspecified atom stereocenters. The van der Waals surface area contributed by atoms with Crippen LogP contribution in [-0.4, -0.2) is 28.8 Å². The largest absolute Gasteiger partial charge is 0.366 e. The summed E-state index contributed by atoms with van der Waals surface area (Å²) in [6.07, 6.45) is 0. The van der Waals surface area contributed by atoms with E-state index in [-0.39, 0.29) is 21.9 Å². The first kappa shape index (κ1) is 16.3. The molecule has 0 fully saturated rings. The number of fused-ring (bicyclic) bond motifs is 1. The van der Waals surface area contributed by atoms with Gasteiger partial charge in [0.2, 0.25) is 5.91 Å². The Balaban J connectivity index is 1.85. The number of hydroxylamine groups is 2. The van der Waals surface area contributed by atoms with Crippen LogP contribution in [0.1, 0.15) is 38.0 Å². The van der Waals surface area contributed by atoms with Crippen LogP contribution in [0.5, 0.6) is 0 Å². The number of benzene rings is 2. The van der Waals surface area contributed by atoms with E-state index in [4.69, 9.17) is 4.84 Å². The molecule has 1 aliphatic heterocycles. The molecule has 0 aromatic heterocycles. The Morgan fingerprint density at radius 1 is 1.04 bits per heavy atom. The van der Waals surface area contributed by atoms with Crippen molar-refractivity contribution >= 4 is 29.4 Å². The number of nitrogens with one attached hydrogen (secondary N) is 1. The number of halogens is 1. The van der Waals surface area contributed by atoms with E-state index in [2.05, 4.69) is 5.32 Å². The van der Waals surface area contributed by atoms with Crippen molar-refractivity contribution in [3.63, 3.8) is 0 Å². The van der Waals surface area contributed by atoms with Crippen LogP contribution in [0.25, 0.3) is 0 Å². The SMILES string of the molecule is CC(=O)Nc1ccc(F)c(C(=O)ON2C(=O)c3ccccc3C2=O)c1. The molecule has 25 heavy (non-hydrogen) atoms. The molecular weight excluding hydrogens is 331 g/mol. The van der Waals surface area contributed by atoms with Crippen molar-refractivity contribution in [2.24, 2.45) is 0 Å². The molecule has 0 aliphatic carbocycles. The molecule has 1 aliphatic rings. The maximum atomic E-state index is 13.9. The molecule has 1 N–H and O–H groups in total. The highest BCUT2D eigenvalue weighted by Crippen LogP contribution is 2.24. The molecule has 3 amide bonds. The highest BCUT2D eigenvalue weighted by Gasteiger charge is 2.39. The monoisotopic (exact) mass is 342 g/mol. The lowest BCUT2D eigenvalue weighted by Gasteiger charge is -2.13. The van der Waals surface area contributed by atoms with Gasteiger partial charge >= 0.3 is 5.97 Å². The average Bonchev–Trinajstić information content (AvgIpc) is 2.81. The smallest absolute Gasteiger partial charge is 0.326 e. The highest BCUT2D eigenvalue weighted by molar-refractivity contribution is 6.21. The number of imide groups is 1. The molecule has 2 aromatic rings. The number of nitrogens with zero attached hydrogens (tertiary/aromatic N) is 1. The molecule has 1 heterocycles. The second-order valence-electron chi connectivity index (χ2n) is 5.20. The normalized spacial score (nSPS) is 12.8. The summed E-state index contributed by atoms with van der Waals surface area (Å²) >= 11 is 0. The van der Waals surface area contributed by atoms with Gasteiger partial charge in [-0.05, 0) is 30.3 Å². The Kier molecular flexibility index (Phi) is 4.02. The zero-order chi connectivity index (χ0) is 18.1. The Labute approximate surface area is 140 Å². The van der Waals surface area contributed by atoms with Crippen molar-refractivity contribution in [3.05, 3.63) is 65.0 Å². The second-order valence-corrected chi connectivity index (χ2v) is 5.20. The molecule has 0 saturated heterocycles. The lowest BCUT2D eigenvalue weighted by molar-refractivity contribution is -0.114. The fourth-order valence-electron chi connectivity index (χ4n) is 2.34. The van der Waals surface area contributed by atoms with Gasteiger partial charge in [-0.25, -0.2) is 9.18 Å². The maximum absolute atomic E-state index is 13.9. The van der Waals surface area contributed by atoms with Crippen molar-refractivity contribution in [1.82, 2.24) is 5.06 Å². The second kappa shape index (κ2) is 6.16. The van der Waals surface area contributed by atoms with E-state index in [9.17, 15) is 23.6 Å². The maximum Gasteiger partial charge on any atom is 0.366 e. The molecule has 0 atom stereocenters. The first-order valence-corrected chi connectivity index (χ1v) is 7.15. The summed E-state index contributed by atoms with van der Waals surface area (Å²) in [7, 11) is 0. The van der Waals surface area contributed by atoms with Crippen LogP contribution in [0, 0.1) is 5.82 Å². The van der Waals surface area contributed by atoms with Crippen molar-refractivity contribution < 1.29 is 28.4 Å². The predicted molar refractivity (Wildman–Crippen MR) is 83.1 cm³/mol. The Morgan fingerprint density at radius 3 is 2.20 bits per heavy atom. The molecule has 0 saturated carbocycles. The molecule has 8 heteroatoms. The fraction of sp³-hybridized carbons (Fsp3) is 0.0588. The zero-order valence-corrected chi connectivity index (χ0v) is 12.9. The molecule has 0 bridgehead atoms. The van der Waals surface area contributed by atoms with Gasteiger partial charge in [-0.1, -0.05) is 17.2 Å². The number of hydrogen-bond acceptors (Lipinski definition) is 5. The van der Waals surface area contributed by atoms with Crippen LogP contribution in [0.3, 0.4) is 0 Å². The van der Waals surface area contributed by atoms with Gasteiger partial charge in [0.15, 0.2) is 0 Å². The number of amides is 3. The summed E-state index contributed by atoms with van der Waals surface area (Å²) < 4.78 is 13.9. The van der Waals surface area contributed by atoms with E-state index in [1.54, 1.807) is 12.1 Å². The van der Waals surface area contributed by atoms with Gasteiger partial charge in [0.05, 0.1) is 16.7 Å². The van der Waals surface area contributed by atoms with Crippen LogP contribution < -0.4 is 5.32 Å². The van der Waals surface area contributed by atoms with E-state index in [0.29, 0.717) is 0 Å². The zero-order valence-electron chi connectivity index (χ0n) is 12.9. The van der Waals surface area contributed by atoms with Crippen LogP contribution in [0.4, 0.5) is 10.1 Å². The summed E-state index contributed by atoms with van der Waals surface area (Å²) in [6, 6.07) is 9.23. The summed E-state index contributed by atoms with van der Waals surface area (Å²) in [5.41, 5.74) is -0.174. The minimum absolute atomic E-state index is 0.0905. The van der Waals surface area contributed by atoms with Crippen LogP contribution in [0.2, 0.25) is 0 Å². The van der Waals surface area contributed by atoms with Gasteiger partial charge in [-0.15, -0.1) is 0 Å². The lowest BCUT2D eigenvalue weighted by Crippen LogP contribution is -2.33. The predicted octanol–water partition coefficient (Wildman–Crippen LogP) is 2.15. The summed E-state index contributed by atoms with van der Waals surface area (Å²) in [4.78, 5) is 52.3. The number of carbonyl (C=O) groups excluding carboxylic acids is 4. The van der Waals surface area contributed by atoms with Crippen molar-refractivity contribution in [3.8, 4) is 0 Å². The highest BCUT2D eigenvalue weighted by atomic mass is 19.1. The number of anilines is 1. The molecule has 2 aromatic carbocycles. The fourth-order valence-corrected chi connectivity index (χ4v) is 2.34. The molecule has 0 radical (unpaired) electrons. The number of carbonyl (C=O) groups is 4. The molecular formula is C17H11FN2O5. The van der Waals surface area contributed by atoms with E-state index in [1.807, 2.05) is 0 Å². The third kappa shape index (κ3) is 2.97. The summed E-state index contributed by atoms with van der Waals surface area (Å²) in [6.45, 7) is 1.25. The van der Waals surface area contributed by atoms with Crippen LogP contribution in [0.15, 0.2) is 42.5 Å².